The van der Waals surface area contributed by atoms with Gasteiger partial charge in [0.2, 0.25) is 5.91 Å². The molecule has 0 atom stereocenters. The molecule has 0 unspecified atom stereocenters. The van der Waals surface area contributed by atoms with Crippen molar-refractivity contribution in [2.24, 2.45) is 0 Å². The van der Waals surface area contributed by atoms with Crippen LogP contribution in [-0.4, -0.2) is 22.9 Å². The second-order valence-corrected chi connectivity index (χ2v) is 3.27. The zero-order chi connectivity index (χ0) is 9.40. The van der Waals surface area contributed by atoms with E-state index in [-0.39, 0.29) is 17.4 Å². The van der Waals surface area contributed by atoms with E-state index in [4.69, 9.17) is 0 Å². The summed E-state index contributed by atoms with van der Waals surface area (Å²) < 4.78 is 0. The minimum absolute atomic E-state index is 0.185. The molecule has 0 aromatic rings. The minimum Gasteiger partial charge on any atom is -0.352 e. The lowest BCUT2D eigenvalue weighted by molar-refractivity contribution is -0.116. The average molecular weight is 252 g/mol. The summed E-state index contributed by atoms with van der Waals surface area (Å²) in [6.45, 7) is 0.581. The largest absolute Gasteiger partial charge is 0.352 e. The monoisotopic (exact) mass is 251 g/mol. The maximum atomic E-state index is 10.8. The Morgan fingerprint density at radius 1 is 1.50 bits per heavy atom. The first-order valence-electron chi connectivity index (χ1n) is 3.39. The van der Waals surface area contributed by atoms with Crippen LogP contribution in [0.15, 0.2) is 12.2 Å². The standard InChI is InChI=1S/C7H10BrNO2S/c8-4-5-9-6(10)2-1-3-7(11)12/h1-2H,3-5H2,(H,9,10)(H,11,12)/b2-1+. The third kappa shape index (κ3) is 7.81. The Hall–Kier alpha value is -0.290. The van der Waals surface area contributed by atoms with Gasteiger partial charge < -0.3 is 5.32 Å². The maximum absolute atomic E-state index is 10.8. The summed E-state index contributed by atoms with van der Waals surface area (Å²) >= 11 is 6.71. The summed E-state index contributed by atoms with van der Waals surface area (Å²) in [5, 5.41) is 3.07. The Bertz CT molecular complexity index is 194. The lowest BCUT2D eigenvalue weighted by Gasteiger charge is -1.95. The number of carbonyl (C=O) groups is 2. The summed E-state index contributed by atoms with van der Waals surface area (Å²) in [6, 6.07) is 0. The van der Waals surface area contributed by atoms with Gasteiger partial charge in [0.05, 0.1) is 0 Å². The van der Waals surface area contributed by atoms with E-state index < -0.39 is 0 Å². The second-order valence-electron chi connectivity index (χ2n) is 1.98. The molecule has 1 N–H and O–H groups in total. The zero-order valence-electron chi connectivity index (χ0n) is 6.42. The van der Waals surface area contributed by atoms with Crippen molar-refractivity contribution < 1.29 is 9.59 Å². The van der Waals surface area contributed by atoms with Gasteiger partial charge >= 0.3 is 0 Å². The fourth-order valence-electron chi connectivity index (χ4n) is 0.496. The van der Waals surface area contributed by atoms with Crippen LogP contribution in [0.25, 0.3) is 0 Å². The SMILES string of the molecule is O=C(S)C/C=C/C(=O)NCCBr. The first kappa shape index (κ1) is 11.7. The molecule has 0 aromatic heterocycles. The smallest absolute Gasteiger partial charge is 0.243 e. The molecule has 0 radical (unpaired) electrons. The highest BCUT2D eigenvalue weighted by Gasteiger charge is 1.93. The average Bonchev–Trinajstić information content (AvgIpc) is 2.00. The van der Waals surface area contributed by atoms with Gasteiger partial charge in [0.15, 0.2) is 5.12 Å². The van der Waals surface area contributed by atoms with Crippen molar-refractivity contribution in [2.45, 2.75) is 6.42 Å². The first-order valence-corrected chi connectivity index (χ1v) is 4.96. The van der Waals surface area contributed by atoms with E-state index in [0.717, 1.165) is 5.33 Å². The quantitative estimate of drug-likeness (QED) is 0.434. The van der Waals surface area contributed by atoms with Crippen LogP contribution in [0.3, 0.4) is 0 Å². The number of hydrogen-bond donors (Lipinski definition) is 2. The molecule has 0 spiro atoms. The molecule has 0 heterocycles. The number of carbonyl (C=O) groups excluding carboxylic acids is 2. The highest BCUT2D eigenvalue weighted by molar-refractivity contribution is 9.09. The molecule has 68 valence electrons. The Balaban J connectivity index is 3.54. The van der Waals surface area contributed by atoms with E-state index in [1.54, 1.807) is 0 Å². The molecule has 12 heavy (non-hydrogen) atoms. The van der Waals surface area contributed by atoms with Gasteiger partial charge in [-0.2, -0.15) is 0 Å². The van der Waals surface area contributed by atoms with Crippen LogP contribution in [0.5, 0.6) is 0 Å². The molecule has 0 saturated carbocycles. The number of halogens is 1. The highest BCUT2D eigenvalue weighted by Crippen LogP contribution is 1.89. The molecule has 1 amide bonds. The molecule has 0 rings (SSSR count). The van der Waals surface area contributed by atoms with Crippen molar-refractivity contribution in [2.75, 3.05) is 11.9 Å². The van der Waals surface area contributed by atoms with Crippen LogP contribution in [0, 0.1) is 0 Å². The van der Waals surface area contributed by atoms with Crippen molar-refractivity contribution in [1.29, 1.82) is 0 Å². The lowest BCUT2D eigenvalue weighted by Crippen LogP contribution is -2.22. The van der Waals surface area contributed by atoms with Crippen LogP contribution in [0.2, 0.25) is 0 Å². The van der Waals surface area contributed by atoms with Crippen LogP contribution >= 0.6 is 28.6 Å². The fraction of sp³-hybridized carbons (Fsp3) is 0.429. The molecule has 0 aliphatic heterocycles. The topological polar surface area (TPSA) is 46.2 Å². The van der Waals surface area contributed by atoms with Gasteiger partial charge in [-0.3, -0.25) is 9.59 Å². The van der Waals surface area contributed by atoms with Gasteiger partial charge in [0.25, 0.3) is 0 Å². The predicted molar refractivity (Wildman–Crippen MR) is 54.6 cm³/mol. The van der Waals surface area contributed by atoms with E-state index in [9.17, 15) is 9.59 Å². The van der Waals surface area contributed by atoms with Gasteiger partial charge in [-0.25, -0.2) is 0 Å². The van der Waals surface area contributed by atoms with E-state index in [1.807, 2.05) is 0 Å². The van der Waals surface area contributed by atoms with Crippen LogP contribution < -0.4 is 5.32 Å². The van der Waals surface area contributed by atoms with Gasteiger partial charge in [-0.05, 0) is 6.08 Å². The van der Waals surface area contributed by atoms with Gasteiger partial charge in [-0.15, -0.1) is 12.6 Å². The normalized spacial score (nSPS) is 10.2. The molecule has 0 bridgehead atoms. The summed E-state index contributed by atoms with van der Waals surface area (Å²) in [5.74, 6) is -0.191. The van der Waals surface area contributed by atoms with Gasteiger partial charge in [-0.1, -0.05) is 22.0 Å². The third-order valence-corrected chi connectivity index (χ3v) is 1.53. The molecule has 3 nitrogen and oxygen atoms in total. The minimum atomic E-state index is -0.250. The van der Waals surface area contributed by atoms with E-state index >= 15 is 0 Å². The Morgan fingerprint density at radius 2 is 2.17 bits per heavy atom. The summed E-state index contributed by atoms with van der Waals surface area (Å²) in [7, 11) is 0. The molecular formula is C7H10BrNO2S. The summed E-state index contributed by atoms with van der Waals surface area (Å²) in [4.78, 5) is 21.1. The van der Waals surface area contributed by atoms with Crippen LogP contribution in [0.1, 0.15) is 6.42 Å². The van der Waals surface area contributed by atoms with E-state index in [0.29, 0.717) is 6.54 Å². The van der Waals surface area contributed by atoms with Crippen LogP contribution in [-0.2, 0) is 9.59 Å². The number of amides is 1. The van der Waals surface area contributed by atoms with Gasteiger partial charge in [0.1, 0.15) is 0 Å². The first-order chi connectivity index (χ1) is 5.66. The number of hydrogen-bond acceptors (Lipinski definition) is 2. The molecule has 0 aliphatic carbocycles. The molecule has 0 aromatic carbocycles. The van der Waals surface area contributed by atoms with E-state index in [1.165, 1.54) is 12.2 Å². The van der Waals surface area contributed by atoms with Crippen molar-refractivity contribution in [3.05, 3.63) is 12.2 Å². The van der Waals surface area contributed by atoms with Crippen molar-refractivity contribution in [1.82, 2.24) is 5.32 Å². The Morgan fingerprint density at radius 3 is 2.67 bits per heavy atom. The van der Waals surface area contributed by atoms with Gasteiger partial charge in [0, 0.05) is 18.3 Å². The summed E-state index contributed by atoms with van der Waals surface area (Å²) in [5.41, 5.74) is 0. The molecule has 0 aliphatic rings. The molecule has 0 saturated heterocycles. The molecule has 0 fully saturated rings. The van der Waals surface area contributed by atoms with E-state index in [2.05, 4.69) is 33.9 Å². The summed E-state index contributed by atoms with van der Waals surface area (Å²) in [6.07, 6.45) is 3.00. The van der Waals surface area contributed by atoms with Crippen molar-refractivity contribution >= 4 is 39.6 Å². The molecular weight excluding hydrogens is 242 g/mol. The number of allylic oxidation sites excluding steroid dienone is 1. The molecule has 5 heteroatoms. The third-order valence-electron chi connectivity index (χ3n) is 0.955. The van der Waals surface area contributed by atoms with Crippen molar-refractivity contribution in [3.63, 3.8) is 0 Å². The second kappa shape index (κ2) is 7.36. The lowest BCUT2D eigenvalue weighted by atomic mass is 10.4. The maximum Gasteiger partial charge on any atom is 0.243 e. The van der Waals surface area contributed by atoms with Crippen molar-refractivity contribution in [3.8, 4) is 0 Å². The predicted octanol–water partition coefficient (Wildman–Crippen LogP) is 0.900. The van der Waals surface area contributed by atoms with Crippen LogP contribution in [0.4, 0.5) is 0 Å². The number of thiol groups is 1. The zero-order valence-corrected chi connectivity index (χ0v) is 8.90. The highest BCUT2D eigenvalue weighted by atomic mass is 79.9. The Labute approximate surface area is 85.1 Å². The number of rotatable bonds is 5. The number of alkyl halides is 1. The fourth-order valence-corrected chi connectivity index (χ4v) is 0.800. The Kier molecular flexibility index (Phi) is 7.19. The number of nitrogens with one attached hydrogen (secondary N) is 1.